The molecule has 0 bridgehead atoms. The number of aliphatic hydroxyl groups excluding tert-OH is 1. The summed E-state index contributed by atoms with van der Waals surface area (Å²) in [5.74, 6) is -0.492. The molecule has 0 aliphatic heterocycles. The maximum Gasteiger partial charge on any atom is 0.279 e. The number of nitrogens with one attached hydrogen (secondary N) is 1. The molecule has 2 fully saturated rings. The second kappa shape index (κ2) is 10.00. The maximum atomic E-state index is 13.1. The topological polar surface area (TPSA) is 151 Å². The molecule has 3 N–H and O–H groups in total. The number of rotatable bonds is 9. The maximum absolute atomic E-state index is 13.1. The Kier molecular flexibility index (Phi) is 7.20. The highest BCUT2D eigenvalue weighted by atomic mass is 32.2. The molecule has 1 aromatic carbocycles. The number of benzene rings is 1. The highest BCUT2D eigenvalue weighted by Gasteiger charge is 2.37. The van der Waals surface area contributed by atoms with Gasteiger partial charge in [0.05, 0.1) is 33.8 Å². The molecule has 0 radical (unpaired) electrons. The molecule has 2 aromatic rings. The molecule has 35 heavy (non-hydrogen) atoms. The molecular weight excluding hydrogens is 472 g/mol. The van der Waals surface area contributed by atoms with Gasteiger partial charge in [0.2, 0.25) is 0 Å². The third kappa shape index (κ3) is 6.03. The van der Waals surface area contributed by atoms with Crippen LogP contribution >= 0.6 is 0 Å². The van der Waals surface area contributed by atoms with Crippen molar-refractivity contribution < 1.29 is 28.3 Å². The molecule has 11 heteroatoms. The summed E-state index contributed by atoms with van der Waals surface area (Å²) in [5, 5.41) is 26.5. The summed E-state index contributed by atoms with van der Waals surface area (Å²) < 4.78 is 25.0. The molecule has 1 amide bonds. The number of oxime groups is 1. The number of aliphatic hydroxyl groups is 2. The van der Waals surface area contributed by atoms with Crippen LogP contribution in [0.4, 0.5) is 5.82 Å². The summed E-state index contributed by atoms with van der Waals surface area (Å²) in [6, 6.07) is 6.04. The van der Waals surface area contributed by atoms with Gasteiger partial charge in [-0.2, -0.15) is 0 Å². The summed E-state index contributed by atoms with van der Waals surface area (Å²) in [4.78, 5) is 27.1. The zero-order chi connectivity index (χ0) is 25.2. The summed E-state index contributed by atoms with van der Waals surface area (Å²) in [6.45, 7) is 2.90. The van der Waals surface area contributed by atoms with Crippen molar-refractivity contribution >= 4 is 27.3 Å². The van der Waals surface area contributed by atoms with Crippen molar-refractivity contribution in [3.63, 3.8) is 0 Å². The normalized spacial score (nSPS) is 18.3. The molecule has 2 aliphatic carbocycles. The van der Waals surface area contributed by atoms with Crippen LogP contribution < -0.4 is 5.32 Å². The molecule has 0 saturated heterocycles. The number of carbonyl (C=O) groups excluding carboxylic acids is 1. The highest BCUT2D eigenvalue weighted by molar-refractivity contribution is 7.92. The monoisotopic (exact) mass is 502 g/mol. The molecule has 1 heterocycles. The molecule has 188 valence electrons. The van der Waals surface area contributed by atoms with Crippen molar-refractivity contribution in [3.8, 4) is 0 Å². The Hall–Kier alpha value is -2.89. The zero-order valence-corrected chi connectivity index (χ0v) is 20.5. The van der Waals surface area contributed by atoms with E-state index in [0.29, 0.717) is 18.4 Å². The number of nitrogens with zero attached hydrogens (tertiary/aromatic N) is 3. The summed E-state index contributed by atoms with van der Waals surface area (Å²) in [7, 11) is -3.35. The minimum Gasteiger partial charge on any atom is -0.392 e. The second-order valence-electron chi connectivity index (χ2n) is 9.56. The third-order valence-corrected chi connectivity index (χ3v) is 8.37. The van der Waals surface area contributed by atoms with E-state index < -0.39 is 27.4 Å². The Morgan fingerprint density at radius 2 is 1.77 bits per heavy atom. The standard InChI is InChI=1S/C24H30N4O6S/c1-24(2,31)22(29)19-13-26-20(14-25-19)27-23(30)21(28-34-16-5-3-4-6-16)15-7-9-17(10-8-15)35(32,33)18-11-12-18/h7-10,13-14,16,18,22,29,31H,3-6,11-12H2,1-2H3,(H,26,27,30). The minimum absolute atomic E-state index is 0.0188. The molecule has 10 nitrogen and oxygen atoms in total. The highest BCUT2D eigenvalue weighted by Crippen LogP contribution is 2.33. The van der Waals surface area contributed by atoms with E-state index in [-0.39, 0.29) is 33.5 Å². The molecule has 4 rings (SSSR count). The average Bonchev–Trinajstić information content (AvgIpc) is 3.57. The van der Waals surface area contributed by atoms with E-state index in [4.69, 9.17) is 4.84 Å². The predicted octanol–water partition coefficient (Wildman–Crippen LogP) is 2.52. The number of hydrogen-bond donors (Lipinski definition) is 3. The van der Waals surface area contributed by atoms with E-state index in [1.165, 1.54) is 38.4 Å². The van der Waals surface area contributed by atoms with Crippen LogP contribution in [0.1, 0.15) is 69.7 Å². The van der Waals surface area contributed by atoms with Gasteiger partial charge in [-0.3, -0.25) is 9.78 Å². The Balaban J connectivity index is 1.54. The molecule has 1 unspecified atom stereocenters. The van der Waals surface area contributed by atoms with Crippen molar-refractivity contribution in [2.45, 2.75) is 80.3 Å². The number of aromatic nitrogens is 2. The van der Waals surface area contributed by atoms with E-state index in [9.17, 15) is 23.4 Å². The van der Waals surface area contributed by atoms with Gasteiger partial charge in [-0.25, -0.2) is 13.4 Å². The molecule has 1 atom stereocenters. The van der Waals surface area contributed by atoms with Crippen molar-refractivity contribution in [2.24, 2.45) is 5.16 Å². The Morgan fingerprint density at radius 3 is 2.31 bits per heavy atom. The summed E-state index contributed by atoms with van der Waals surface area (Å²) in [5.41, 5.74) is -0.871. The number of amides is 1. The van der Waals surface area contributed by atoms with Gasteiger partial charge in [0.1, 0.15) is 12.2 Å². The molecule has 0 spiro atoms. The van der Waals surface area contributed by atoms with Gasteiger partial charge in [-0.05, 0) is 64.5 Å². The van der Waals surface area contributed by atoms with Crippen LogP contribution in [0.25, 0.3) is 0 Å². The van der Waals surface area contributed by atoms with Crippen LogP contribution in [0, 0.1) is 0 Å². The van der Waals surface area contributed by atoms with E-state index in [1.807, 2.05) is 0 Å². The fourth-order valence-corrected chi connectivity index (χ4v) is 5.46. The smallest absolute Gasteiger partial charge is 0.279 e. The van der Waals surface area contributed by atoms with Gasteiger partial charge in [0.15, 0.2) is 21.4 Å². The Morgan fingerprint density at radius 1 is 1.11 bits per heavy atom. The fourth-order valence-electron chi connectivity index (χ4n) is 3.80. The van der Waals surface area contributed by atoms with Gasteiger partial charge < -0.3 is 20.4 Å². The molecule has 2 saturated carbocycles. The lowest BCUT2D eigenvalue weighted by Crippen LogP contribution is -2.29. The van der Waals surface area contributed by atoms with E-state index in [2.05, 4.69) is 20.4 Å². The largest absolute Gasteiger partial charge is 0.392 e. The van der Waals surface area contributed by atoms with Gasteiger partial charge in [-0.1, -0.05) is 17.3 Å². The van der Waals surface area contributed by atoms with Crippen LogP contribution in [-0.4, -0.2) is 57.2 Å². The van der Waals surface area contributed by atoms with Crippen LogP contribution in [0.2, 0.25) is 0 Å². The van der Waals surface area contributed by atoms with Crippen LogP contribution in [-0.2, 0) is 19.5 Å². The van der Waals surface area contributed by atoms with Crippen molar-refractivity contribution in [1.29, 1.82) is 0 Å². The summed E-state index contributed by atoms with van der Waals surface area (Å²) in [6.07, 6.45) is 6.33. The summed E-state index contributed by atoms with van der Waals surface area (Å²) >= 11 is 0. The second-order valence-corrected chi connectivity index (χ2v) is 11.8. The molecule has 2 aliphatic rings. The lowest BCUT2D eigenvalue weighted by molar-refractivity contribution is -0.110. The van der Waals surface area contributed by atoms with Crippen molar-refractivity contribution in [1.82, 2.24) is 9.97 Å². The van der Waals surface area contributed by atoms with E-state index >= 15 is 0 Å². The quantitative estimate of drug-likeness (QED) is 0.349. The first-order valence-electron chi connectivity index (χ1n) is 11.7. The predicted molar refractivity (Wildman–Crippen MR) is 128 cm³/mol. The third-order valence-electron chi connectivity index (χ3n) is 6.09. The van der Waals surface area contributed by atoms with Gasteiger partial charge in [-0.15, -0.1) is 0 Å². The number of anilines is 1. The zero-order valence-electron chi connectivity index (χ0n) is 19.7. The number of carbonyl (C=O) groups is 1. The van der Waals surface area contributed by atoms with Crippen molar-refractivity contribution in [2.75, 3.05) is 5.32 Å². The Labute approximate surface area is 204 Å². The van der Waals surface area contributed by atoms with Crippen LogP contribution in [0.15, 0.2) is 46.7 Å². The lowest BCUT2D eigenvalue weighted by atomic mass is 10.00. The fraction of sp³-hybridized carbons (Fsp3) is 0.500. The first kappa shape index (κ1) is 25.2. The number of hydrogen-bond acceptors (Lipinski definition) is 9. The number of sulfone groups is 1. The van der Waals surface area contributed by atoms with Gasteiger partial charge in [0, 0.05) is 5.56 Å². The van der Waals surface area contributed by atoms with E-state index in [1.54, 1.807) is 12.1 Å². The van der Waals surface area contributed by atoms with Crippen molar-refractivity contribution in [3.05, 3.63) is 47.9 Å². The molecular formula is C24H30N4O6S. The van der Waals surface area contributed by atoms with E-state index in [0.717, 1.165) is 25.7 Å². The minimum atomic E-state index is -3.35. The van der Waals surface area contributed by atoms with Gasteiger partial charge in [0.25, 0.3) is 5.91 Å². The lowest BCUT2D eigenvalue weighted by Gasteiger charge is -2.23. The average molecular weight is 503 g/mol. The molecule has 1 aromatic heterocycles. The first-order valence-corrected chi connectivity index (χ1v) is 13.2. The SMILES string of the molecule is CC(C)(O)C(O)c1cnc(NC(=O)C(=NOC2CCCC2)c2ccc(S(=O)(=O)C3CC3)cc2)cn1. The first-order chi connectivity index (χ1) is 16.6. The Bertz CT molecular complexity index is 1180. The van der Waals surface area contributed by atoms with Gasteiger partial charge >= 0.3 is 0 Å². The van der Waals surface area contributed by atoms with Crippen LogP contribution in [0.3, 0.4) is 0 Å². The van der Waals surface area contributed by atoms with Crippen LogP contribution in [0.5, 0.6) is 0 Å².